The molecule has 4 aromatic carbocycles. The Morgan fingerprint density at radius 3 is 2.32 bits per heavy atom. The molecule has 190 valence electrons. The van der Waals surface area contributed by atoms with Gasteiger partial charge >= 0.3 is 0 Å². The lowest BCUT2D eigenvalue weighted by Crippen LogP contribution is -2.28. The van der Waals surface area contributed by atoms with Gasteiger partial charge in [0.05, 0.1) is 28.4 Å². The van der Waals surface area contributed by atoms with Crippen molar-refractivity contribution in [1.82, 2.24) is 0 Å². The maximum Gasteiger partial charge on any atom is 0.271 e. The predicted octanol–water partition coefficient (Wildman–Crippen LogP) is 8.04. The number of hydrogen-bond acceptors (Lipinski definition) is 5. The van der Waals surface area contributed by atoms with Gasteiger partial charge in [-0.25, -0.2) is 4.99 Å². The van der Waals surface area contributed by atoms with Crippen LogP contribution in [0.25, 0.3) is 6.08 Å². The number of nitrogens with zero attached hydrogens (tertiary/aromatic N) is 2. The van der Waals surface area contributed by atoms with Crippen LogP contribution in [0.3, 0.4) is 0 Å². The fourth-order valence-electron chi connectivity index (χ4n) is 3.92. The lowest BCUT2D eigenvalue weighted by Gasteiger charge is -2.15. The van der Waals surface area contributed by atoms with Crippen LogP contribution in [0.2, 0.25) is 5.02 Å². The smallest absolute Gasteiger partial charge is 0.271 e. The summed E-state index contributed by atoms with van der Waals surface area (Å²) in [6.45, 7) is 2.40. The number of para-hydroxylation sites is 2. The van der Waals surface area contributed by atoms with Crippen LogP contribution in [0.1, 0.15) is 16.7 Å². The maximum atomic E-state index is 13.6. The number of aryl methyl sites for hydroxylation is 1. The van der Waals surface area contributed by atoms with Crippen molar-refractivity contribution in [3.05, 3.63) is 124 Å². The molecule has 0 unspecified atom stereocenters. The number of amidine groups is 1. The number of methoxy groups -OCH3 is 1. The van der Waals surface area contributed by atoms with Gasteiger partial charge in [-0.15, -0.1) is 0 Å². The third-order valence-electron chi connectivity index (χ3n) is 5.86. The number of carbonyl (C=O) groups excluding carboxylic acids is 1. The maximum absolute atomic E-state index is 13.6. The standard InChI is InChI=1S/C31H25ClN2O3S/c1-21-13-15-22(16-14-21)20-37-29-26(32)17-23(18-27(29)36-2)19-28-30(35)34(25-11-7-4-8-12-25)31(38-28)33-24-9-5-3-6-10-24/h3-19H,20H2,1-2H3/b28-19+,33-31?. The van der Waals surface area contributed by atoms with Gasteiger partial charge in [0.15, 0.2) is 16.7 Å². The van der Waals surface area contributed by atoms with Gasteiger partial charge in [0, 0.05) is 0 Å². The molecule has 0 atom stereocenters. The second-order valence-electron chi connectivity index (χ2n) is 8.63. The Bertz CT molecular complexity index is 1500. The van der Waals surface area contributed by atoms with Crippen molar-refractivity contribution in [3.63, 3.8) is 0 Å². The number of carbonyl (C=O) groups is 1. The molecule has 0 N–H and O–H groups in total. The number of anilines is 1. The molecule has 0 aromatic heterocycles. The highest BCUT2D eigenvalue weighted by Crippen LogP contribution is 2.41. The van der Waals surface area contributed by atoms with Crippen molar-refractivity contribution in [2.75, 3.05) is 12.0 Å². The molecule has 4 aromatic rings. The molecular formula is C31H25ClN2O3S. The molecule has 5 nitrogen and oxygen atoms in total. The van der Waals surface area contributed by atoms with Crippen molar-refractivity contribution < 1.29 is 14.3 Å². The van der Waals surface area contributed by atoms with Crippen LogP contribution in [-0.2, 0) is 11.4 Å². The molecule has 38 heavy (non-hydrogen) atoms. The third-order valence-corrected chi connectivity index (χ3v) is 7.10. The van der Waals surface area contributed by atoms with Gasteiger partial charge in [0.25, 0.3) is 5.91 Å². The SMILES string of the molecule is COc1cc(/C=C2/SC(=Nc3ccccc3)N(c3ccccc3)C2=O)cc(Cl)c1OCc1ccc(C)cc1. The Kier molecular flexibility index (Phi) is 7.82. The zero-order valence-electron chi connectivity index (χ0n) is 20.9. The van der Waals surface area contributed by atoms with Crippen LogP contribution >= 0.6 is 23.4 Å². The molecule has 5 rings (SSSR count). The molecule has 7 heteroatoms. The Labute approximate surface area is 231 Å². The summed E-state index contributed by atoms with van der Waals surface area (Å²) < 4.78 is 11.6. The molecule has 1 heterocycles. The molecule has 1 saturated heterocycles. The van der Waals surface area contributed by atoms with Crippen LogP contribution in [0.4, 0.5) is 11.4 Å². The summed E-state index contributed by atoms with van der Waals surface area (Å²) in [5.74, 6) is 0.787. The molecule has 1 fully saturated rings. The van der Waals surface area contributed by atoms with Gasteiger partial charge in [-0.05, 0) is 72.3 Å². The number of aliphatic imine (C=N–C) groups is 1. The summed E-state index contributed by atoms with van der Waals surface area (Å²) in [6.07, 6.45) is 1.80. The Balaban J connectivity index is 1.45. The minimum absolute atomic E-state index is 0.161. The van der Waals surface area contributed by atoms with E-state index in [1.165, 1.54) is 17.3 Å². The van der Waals surface area contributed by atoms with Gasteiger partial charge in [0.1, 0.15) is 6.61 Å². The fourth-order valence-corrected chi connectivity index (χ4v) is 5.20. The molecule has 0 aliphatic carbocycles. The van der Waals surface area contributed by atoms with Crippen molar-refractivity contribution in [3.8, 4) is 11.5 Å². The quantitative estimate of drug-likeness (QED) is 0.222. The molecule has 1 aliphatic rings. The average Bonchev–Trinajstić information content (AvgIpc) is 3.23. The molecule has 1 aliphatic heterocycles. The first-order valence-electron chi connectivity index (χ1n) is 12.0. The van der Waals surface area contributed by atoms with Crippen molar-refractivity contribution in [2.45, 2.75) is 13.5 Å². The topological polar surface area (TPSA) is 51.1 Å². The Morgan fingerprint density at radius 1 is 0.947 bits per heavy atom. The van der Waals surface area contributed by atoms with Crippen LogP contribution in [0, 0.1) is 6.92 Å². The van der Waals surface area contributed by atoms with Gasteiger partial charge in [0.2, 0.25) is 0 Å². The van der Waals surface area contributed by atoms with Gasteiger partial charge in [-0.1, -0.05) is 77.8 Å². The average molecular weight is 541 g/mol. The monoisotopic (exact) mass is 540 g/mol. The highest BCUT2D eigenvalue weighted by Gasteiger charge is 2.34. The molecule has 0 spiro atoms. The van der Waals surface area contributed by atoms with E-state index in [1.54, 1.807) is 24.2 Å². The van der Waals surface area contributed by atoms with E-state index >= 15 is 0 Å². The lowest BCUT2D eigenvalue weighted by molar-refractivity contribution is -0.113. The zero-order valence-corrected chi connectivity index (χ0v) is 22.5. The number of rotatable bonds is 7. The van der Waals surface area contributed by atoms with Gasteiger partial charge in [-0.2, -0.15) is 0 Å². The fraction of sp³-hybridized carbons (Fsp3) is 0.0968. The van der Waals surface area contributed by atoms with Crippen LogP contribution in [0.15, 0.2) is 107 Å². The van der Waals surface area contributed by atoms with Gasteiger partial charge < -0.3 is 9.47 Å². The second kappa shape index (κ2) is 11.6. The van der Waals surface area contributed by atoms with E-state index in [0.717, 1.165) is 22.5 Å². The highest BCUT2D eigenvalue weighted by atomic mass is 35.5. The van der Waals surface area contributed by atoms with Crippen LogP contribution < -0.4 is 14.4 Å². The lowest BCUT2D eigenvalue weighted by atomic mass is 10.1. The number of thioether (sulfide) groups is 1. The molecular weight excluding hydrogens is 516 g/mol. The number of amides is 1. The van der Waals surface area contributed by atoms with E-state index in [-0.39, 0.29) is 5.91 Å². The van der Waals surface area contributed by atoms with Crippen LogP contribution in [-0.4, -0.2) is 18.2 Å². The van der Waals surface area contributed by atoms with E-state index in [2.05, 4.69) is 0 Å². The number of benzene rings is 4. The minimum atomic E-state index is -0.161. The summed E-state index contributed by atoms with van der Waals surface area (Å²) in [5.41, 5.74) is 4.45. The van der Waals surface area contributed by atoms with E-state index in [4.69, 9.17) is 26.1 Å². The minimum Gasteiger partial charge on any atom is -0.493 e. The summed E-state index contributed by atoms with van der Waals surface area (Å²) in [7, 11) is 1.57. The first-order chi connectivity index (χ1) is 18.5. The predicted molar refractivity (Wildman–Crippen MR) is 157 cm³/mol. The van der Waals surface area contributed by atoms with E-state index < -0.39 is 0 Å². The Hall–Kier alpha value is -4.00. The summed E-state index contributed by atoms with van der Waals surface area (Å²) >= 11 is 7.94. The highest BCUT2D eigenvalue weighted by molar-refractivity contribution is 8.19. The van der Waals surface area contributed by atoms with E-state index in [0.29, 0.717) is 33.2 Å². The summed E-state index contributed by atoms with van der Waals surface area (Å²) in [6, 6.07) is 30.8. The third kappa shape index (κ3) is 5.77. The zero-order chi connectivity index (χ0) is 26.5. The second-order valence-corrected chi connectivity index (χ2v) is 10.0. The first kappa shape index (κ1) is 25.6. The van der Waals surface area contributed by atoms with E-state index in [1.807, 2.05) is 97.9 Å². The van der Waals surface area contributed by atoms with Crippen molar-refractivity contribution in [2.24, 2.45) is 4.99 Å². The van der Waals surface area contributed by atoms with Crippen molar-refractivity contribution in [1.29, 1.82) is 0 Å². The van der Waals surface area contributed by atoms with Crippen molar-refractivity contribution >= 4 is 51.9 Å². The molecule has 0 bridgehead atoms. The molecule has 0 saturated carbocycles. The van der Waals surface area contributed by atoms with Gasteiger partial charge in [-0.3, -0.25) is 9.69 Å². The summed E-state index contributed by atoms with van der Waals surface area (Å²) in [4.78, 5) is 20.5. The molecule has 0 radical (unpaired) electrons. The normalized spacial score (nSPS) is 15.3. The Morgan fingerprint density at radius 2 is 1.63 bits per heavy atom. The van der Waals surface area contributed by atoms with Crippen LogP contribution in [0.5, 0.6) is 11.5 Å². The van der Waals surface area contributed by atoms with E-state index in [9.17, 15) is 4.79 Å². The number of hydrogen-bond donors (Lipinski definition) is 0. The first-order valence-corrected chi connectivity index (χ1v) is 13.2. The number of ether oxygens (including phenoxy) is 2. The summed E-state index contributed by atoms with van der Waals surface area (Å²) in [5, 5.41) is 0.978. The number of halogens is 1. The molecule has 1 amide bonds. The largest absolute Gasteiger partial charge is 0.493 e.